The van der Waals surface area contributed by atoms with Crippen molar-refractivity contribution in [3.05, 3.63) is 29.3 Å². The number of halogens is 2. The van der Waals surface area contributed by atoms with Gasteiger partial charge in [-0.05, 0) is 31.2 Å². The highest BCUT2D eigenvalue weighted by molar-refractivity contribution is 8.00. The zero-order valence-corrected chi connectivity index (χ0v) is 11.4. The quantitative estimate of drug-likeness (QED) is 0.836. The van der Waals surface area contributed by atoms with Crippen LogP contribution >= 0.6 is 11.8 Å². The Hall–Kier alpha value is -1.30. The van der Waals surface area contributed by atoms with Crippen molar-refractivity contribution in [3.8, 4) is 0 Å². The zero-order valence-electron chi connectivity index (χ0n) is 10.6. The lowest BCUT2D eigenvalue weighted by Crippen LogP contribution is -2.45. The number of amides is 1. The predicted octanol–water partition coefficient (Wildman–Crippen LogP) is 2.56. The lowest BCUT2D eigenvalue weighted by atomic mass is 9.84. The molecule has 0 bridgehead atoms. The number of hydrogen-bond donors (Lipinski definition) is 2. The third kappa shape index (κ3) is 2.83. The van der Waals surface area contributed by atoms with E-state index in [9.17, 15) is 13.6 Å². The maximum Gasteiger partial charge on any atom is 0.251 e. The summed E-state index contributed by atoms with van der Waals surface area (Å²) in [5, 5.41) is 2.73. The fraction of sp³-hybridized carbons (Fsp3) is 0.462. The van der Waals surface area contributed by atoms with Crippen LogP contribution in [0.15, 0.2) is 12.1 Å². The van der Waals surface area contributed by atoms with E-state index in [1.165, 1.54) is 0 Å². The van der Waals surface area contributed by atoms with E-state index in [1.807, 2.05) is 6.26 Å². The fourth-order valence-corrected chi connectivity index (χ4v) is 3.00. The lowest BCUT2D eigenvalue weighted by molar-refractivity contribution is 0.0943. The number of benzene rings is 1. The van der Waals surface area contributed by atoms with E-state index < -0.39 is 23.2 Å². The first-order valence-electron chi connectivity index (χ1n) is 6.05. The second-order valence-electron chi connectivity index (χ2n) is 4.78. The van der Waals surface area contributed by atoms with Crippen molar-refractivity contribution in [3.63, 3.8) is 0 Å². The number of anilines is 1. The maximum absolute atomic E-state index is 13.3. The molecule has 1 aromatic rings. The first kappa shape index (κ1) is 14.1. The molecule has 3 N–H and O–H groups in total. The number of nitrogen functional groups attached to an aromatic ring is 1. The summed E-state index contributed by atoms with van der Waals surface area (Å²) in [5.41, 5.74) is 4.56. The Kier molecular flexibility index (Phi) is 3.99. The summed E-state index contributed by atoms with van der Waals surface area (Å²) in [5.74, 6) is -2.29. The molecule has 6 heteroatoms. The van der Waals surface area contributed by atoms with Gasteiger partial charge in [0.05, 0.1) is 0 Å². The molecule has 1 amide bonds. The Labute approximate surface area is 114 Å². The minimum absolute atomic E-state index is 0.0419. The number of hydrogen-bond acceptors (Lipinski definition) is 3. The summed E-state index contributed by atoms with van der Waals surface area (Å²) in [6.07, 6.45) is 5.27. The average Bonchev–Trinajstić information content (AvgIpc) is 2.34. The van der Waals surface area contributed by atoms with Crippen LogP contribution < -0.4 is 11.1 Å². The second-order valence-corrected chi connectivity index (χ2v) is 6.05. The van der Waals surface area contributed by atoms with Gasteiger partial charge in [-0.3, -0.25) is 4.79 Å². The van der Waals surface area contributed by atoms with Crippen molar-refractivity contribution in [2.45, 2.75) is 24.0 Å². The highest BCUT2D eigenvalue weighted by atomic mass is 32.2. The minimum atomic E-state index is -0.909. The Morgan fingerprint density at radius 2 is 2.00 bits per heavy atom. The third-order valence-electron chi connectivity index (χ3n) is 3.61. The highest BCUT2D eigenvalue weighted by Crippen LogP contribution is 2.42. The van der Waals surface area contributed by atoms with Crippen molar-refractivity contribution < 1.29 is 13.6 Å². The van der Waals surface area contributed by atoms with Crippen LogP contribution in [-0.4, -0.2) is 23.5 Å². The van der Waals surface area contributed by atoms with E-state index in [2.05, 4.69) is 5.32 Å². The summed E-state index contributed by atoms with van der Waals surface area (Å²) in [6, 6.07) is 1.92. The molecule has 0 spiro atoms. The van der Waals surface area contributed by atoms with Crippen LogP contribution in [0, 0.1) is 11.6 Å². The number of carbonyl (C=O) groups excluding carboxylic acids is 1. The van der Waals surface area contributed by atoms with Gasteiger partial charge in [0.15, 0.2) is 0 Å². The van der Waals surface area contributed by atoms with Gasteiger partial charge >= 0.3 is 0 Å². The molecule has 0 aliphatic heterocycles. The van der Waals surface area contributed by atoms with Crippen LogP contribution in [0.2, 0.25) is 0 Å². The van der Waals surface area contributed by atoms with Crippen molar-refractivity contribution in [2.75, 3.05) is 18.5 Å². The summed E-state index contributed by atoms with van der Waals surface area (Å²) in [4.78, 5) is 11.9. The fourth-order valence-electron chi connectivity index (χ4n) is 2.08. The monoisotopic (exact) mass is 286 g/mol. The molecule has 1 aliphatic rings. The summed E-state index contributed by atoms with van der Waals surface area (Å²) >= 11 is 1.72. The smallest absolute Gasteiger partial charge is 0.251 e. The number of rotatable bonds is 4. The third-order valence-corrected chi connectivity index (χ3v) is 5.03. The summed E-state index contributed by atoms with van der Waals surface area (Å²) < 4.78 is 26.6. The van der Waals surface area contributed by atoms with Gasteiger partial charge in [0.1, 0.15) is 17.3 Å². The zero-order chi connectivity index (χ0) is 14.0. The number of nitrogens with two attached hydrogens (primary N) is 1. The van der Waals surface area contributed by atoms with Crippen LogP contribution in [0.4, 0.5) is 14.5 Å². The maximum atomic E-state index is 13.3. The van der Waals surface area contributed by atoms with E-state index in [4.69, 9.17) is 5.73 Å². The molecule has 104 valence electrons. The topological polar surface area (TPSA) is 55.1 Å². The van der Waals surface area contributed by atoms with Gasteiger partial charge in [0, 0.05) is 16.9 Å². The molecule has 0 heterocycles. The van der Waals surface area contributed by atoms with Gasteiger partial charge < -0.3 is 11.1 Å². The molecule has 1 saturated carbocycles. The van der Waals surface area contributed by atoms with Gasteiger partial charge in [-0.2, -0.15) is 11.8 Å². The van der Waals surface area contributed by atoms with Gasteiger partial charge in [0.2, 0.25) is 0 Å². The second kappa shape index (κ2) is 5.36. The molecule has 19 heavy (non-hydrogen) atoms. The Morgan fingerprint density at radius 3 is 2.42 bits per heavy atom. The normalized spacial score (nSPS) is 16.8. The highest BCUT2D eigenvalue weighted by Gasteiger charge is 2.36. The van der Waals surface area contributed by atoms with Crippen LogP contribution in [0.1, 0.15) is 29.6 Å². The number of nitrogens with one attached hydrogen (secondary N) is 1. The standard InChI is InChI=1S/C13H16F2N2OS/c1-19-13(3-2-4-13)7-17-12(18)8-5-9(14)11(16)10(15)6-8/h5-6H,2-4,7,16H2,1H3,(H,17,18). The van der Waals surface area contributed by atoms with Gasteiger partial charge in [-0.25, -0.2) is 8.78 Å². The predicted molar refractivity (Wildman–Crippen MR) is 73.2 cm³/mol. The minimum Gasteiger partial charge on any atom is -0.394 e. The van der Waals surface area contributed by atoms with Crippen LogP contribution in [0.5, 0.6) is 0 Å². The molecule has 1 aromatic carbocycles. The van der Waals surface area contributed by atoms with E-state index in [1.54, 1.807) is 11.8 Å². The van der Waals surface area contributed by atoms with Gasteiger partial charge in [0.25, 0.3) is 5.91 Å². The molecule has 1 fully saturated rings. The summed E-state index contributed by atoms with van der Waals surface area (Å²) in [6.45, 7) is 0.514. The van der Waals surface area contributed by atoms with Crippen molar-refractivity contribution in [1.82, 2.24) is 5.32 Å². The Bertz CT molecular complexity index is 475. The Morgan fingerprint density at radius 1 is 1.42 bits per heavy atom. The molecule has 0 unspecified atom stereocenters. The molecule has 1 aliphatic carbocycles. The SMILES string of the molecule is CSC1(CNC(=O)c2cc(F)c(N)c(F)c2)CCC1. The molecule has 3 nitrogen and oxygen atoms in total. The van der Waals surface area contributed by atoms with Crippen LogP contribution in [-0.2, 0) is 0 Å². The van der Waals surface area contributed by atoms with Crippen LogP contribution in [0.3, 0.4) is 0 Å². The van der Waals surface area contributed by atoms with E-state index in [0.29, 0.717) is 6.54 Å². The van der Waals surface area contributed by atoms with Crippen molar-refractivity contribution in [1.29, 1.82) is 0 Å². The Balaban J connectivity index is 2.04. The largest absolute Gasteiger partial charge is 0.394 e. The van der Waals surface area contributed by atoms with Gasteiger partial charge in [-0.1, -0.05) is 6.42 Å². The number of thioether (sulfide) groups is 1. The van der Waals surface area contributed by atoms with Crippen molar-refractivity contribution in [2.24, 2.45) is 0 Å². The average molecular weight is 286 g/mol. The first-order valence-corrected chi connectivity index (χ1v) is 7.28. The molecule has 2 rings (SSSR count). The molecule has 0 atom stereocenters. The van der Waals surface area contributed by atoms with Gasteiger partial charge in [-0.15, -0.1) is 0 Å². The molecule has 0 aromatic heterocycles. The molecule has 0 radical (unpaired) electrons. The summed E-state index contributed by atoms with van der Waals surface area (Å²) in [7, 11) is 0. The van der Waals surface area contributed by atoms with Crippen LogP contribution in [0.25, 0.3) is 0 Å². The first-order chi connectivity index (χ1) is 8.97. The number of carbonyl (C=O) groups is 1. The molecular formula is C13H16F2N2OS. The van der Waals surface area contributed by atoms with E-state index in [-0.39, 0.29) is 10.3 Å². The van der Waals surface area contributed by atoms with E-state index >= 15 is 0 Å². The van der Waals surface area contributed by atoms with E-state index in [0.717, 1.165) is 31.4 Å². The van der Waals surface area contributed by atoms with Crippen molar-refractivity contribution >= 4 is 23.4 Å². The molecular weight excluding hydrogens is 270 g/mol. The molecule has 0 saturated heterocycles. The lowest BCUT2D eigenvalue weighted by Gasteiger charge is -2.40.